The van der Waals surface area contributed by atoms with Crippen molar-refractivity contribution in [1.82, 2.24) is 19.8 Å². The Bertz CT molecular complexity index is 1390. The van der Waals surface area contributed by atoms with Crippen molar-refractivity contribution in [3.8, 4) is 11.3 Å². The molecule has 1 saturated heterocycles. The monoisotopic (exact) mass is 577 g/mol. The van der Waals surface area contributed by atoms with Crippen LogP contribution in [0, 0.1) is 12.7 Å². The molecule has 2 aromatic carbocycles. The summed E-state index contributed by atoms with van der Waals surface area (Å²) in [5.74, 6) is -0.649. The summed E-state index contributed by atoms with van der Waals surface area (Å²) in [7, 11) is 2.10. The number of carbonyl (C=O) groups excluding carboxylic acids is 1. The first-order chi connectivity index (χ1) is 17.9. The second-order valence-electron chi connectivity index (χ2n) is 9.27. The van der Waals surface area contributed by atoms with Gasteiger partial charge in [-0.2, -0.15) is 0 Å². The summed E-state index contributed by atoms with van der Waals surface area (Å²) in [6.07, 6.45) is 3.58. The van der Waals surface area contributed by atoms with Crippen LogP contribution in [0.2, 0.25) is 0 Å². The average Bonchev–Trinajstić information content (AvgIpc) is 3.37. The van der Waals surface area contributed by atoms with Gasteiger partial charge in [-0.25, -0.2) is 0 Å². The van der Waals surface area contributed by atoms with Gasteiger partial charge in [0.15, 0.2) is 0 Å². The number of likely N-dealkylation sites (N-methyl/N-ethyl adjacent to an activating group) is 1. The Hall–Kier alpha value is -2.90. The van der Waals surface area contributed by atoms with E-state index in [4.69, 9.17) is 4.98 Å². The van der Waals surface area contributed by atoms with Crippen LogP contribution in [0.5, 0.6) is 0 Å². The Labute approximate surface area is 227 Å². The van der Waals surface area contributed by atoms with Crippen LogP contribution >= 0.6 is 11.3 Å². The summed E-state index contributed by atoms with van der Waals surface area (Å²) in [6, 6.07) is 14.6. The van der Waals surface area contributed by atoms with E-state index in [1.165, 1.54) is 16.0 Å². The Morgan fingerprint density at radius 1 is 1.14 bits per heavy atom. The van der Waals surface area contributed by atoms with Gasteiger partial charge in [0.1, 0.15) is 0 Å². The molecule has 1 atom stereocenters. The van der Waals surface area contributed by atoms with Crippen molar-refractivity contribution in [2.24, 2.45) is 0 Å². The normalized spacial score (nSPS) is 14.9. The summed E-state index contributed by atoms with van der Waals surface area (Å²) in [5.41, 5.74) is 4.78. The number of amides is 1. The third kappa shape index (κ3) is 6.51. The van der Waals surface area contributed by atoms with Crippen molar-refractivity contribution in [2.75, 3.05) is 38.5 Å². The molecule has 190 valence electrons. The number of thiazole rings is 1. The number of hydrogen-bond donors (Lipinski definition) is 1. The maximum absolute atomic E-state index is 14.8. The van der Waals surface area contributed by atoms with E-state index in [0.717, 1.165) is 41.2 Å². The molecule has 0 radical (unpaired) electrons. The number of nitrogens with one attached hydrogen (secondary N) is 1. The van der Waals surface area contributed by atoms with Gasteiger partial charge < -0.3 is 4.90 Å². The molecule has 1 amide bonds. The standard InChI is InChI=1S/C28H29AsFN5OS/c1-19-5-8-23(15-24(19)29-28-33-26(18-37-28)21-4-3-9-31-16-21)32-27(36)20-6-7-22(25(30)14-20)17-35-12-10-34(2)11-13-35/h3-9,14-16,18,29H,10-13,17H2,1-2H3,(H,32,36). The number of aryl methyl sites for hydroxylation is 1. The van der Waals surface area contributed by atoms with Crippen molar-refractivity contribution in [3.63, 3.8) is 0 Å². The zero-order valence-corrected chi connectivity index (χ0v) is 23.8. The van der Waals surface area contributed by atoms with Gasteiger partial charge in [0.25, 0.3) is 0 Å². The van der Waals surface area contributed by atoms with E-state index in [0.29, 0.717) is 23.4 Å². The van der Waals surface area contributed by atoms with E-state index in [1.807, 2.05) is 36.5 Å². The van der Waals surface area contributed by atoms with Crippen LogP contribution in [-0.4, -0.2) is 74.7 Å². The first-order valence-electron chi connectivity index (χ1n) is 12.2. The molecule has 0 aliphatic carbocycles. The van der Waals surface area contributed by atoms with E-state index in [1.54, 1.807) is 29.7 Å². The van der Waals surface area contributed by atoms with Gasteiger partial charge in [-0.3, -0.25) is 0 Å². The molecule has 0 spiro atoms. The Balaban J connectivity index is 1.24. The van der Waals surface area contributed by atoms with Crippen molar-refractivity contribution >= 4 is 46.8 Å². The molecule has 1 aliphatic heterocycles. The van der Waals surface area contributed by atoms with E-state index in [2.05, 4.69) is 39.5 Å². The van der Waals surface area contributed by atoms with Crippen LogP contribution in [0.3, 0.4) is 0 Å². The van der Waals surface area contributed by atoms with Crippen LogP contribution in [0.15, 0.2) is 66.3 Å². The van der Waals surface area contributed by atoms with Crippen molar-refractivity contribution in [3.05, 3.63) is 88.8 Å². The molecular formula is C28H29AsFN5OS. The number of benzene rings is 2. The number of piperazine rings is 1. The molecule has 1 fully saturated rings. The number of pyridine rings is 1. The summed E-state index contributed by atoms with van der Waals surface area (Å²) in [4.78, 5) is 26.4. The minimum atomic E-state index is -0.677. The summed E-state index contributed by atoms with van der Waals surface area (Å²) >= 11 is 0.985. The number of aromatic nitrogens is 2. The fourth-order valence-electron chi connectivity index (χ4n) is 4.19. The Kier molecular flexibility index (Phi) is 8.10. The summed E-state index contributed by atoms with van der Waals surface area (Å²) < 4.78 is 17.2. The van der Waals surface area contributed by atoms with Gasteiger partial charge in [-0.05, 0) is 7.05 Å². The van der Waals surface area contributed by atoms with Crippen LogP contribution in [0.4, 0.5) is 10.1 Å². The summed E-state index contributed by atoms with van der Waals surface area (Å²) in [6.45, 7) is 6.45. The molecule has 9 heteroatoms. The maximum atomic E-state index is 14.8. The van der Waals surface area contributed by atoms with Gasteiger partial charge in [-0.15, -0.1) is 0 Å². The minimum absolute atomic E-state index is 0.312. The second-order valence-corrected chi connectivity index (χ2v) is 13.5. The average molecular weight is 578 g/mol. The van der Waals surface area contributed by atoms with Gasteiger partial charge >= 0.3 is 203 Å². The number of anilines is 1. The van der Waals surface area contributed by atoms with Crippen LogP contribution < -0.4 is 13.5 Å². The topological polar surface area (TPSA) is 61.4 Å². The third-order valence-electron chi connectivity index (χ3n) is 6.50. The number of carbonyl (C=O) groups is 1. The first-order valence-corrected chi connectivity index (χ1v) is 15.2. The van der Waals surface area contributed by atoms with Gasteiger partial charge in [-0.1, -0.05) is 0 Å². The van der Waals surface area contributed by atoms with Gasteiger partial charge in [0, 0.05) is 13.1 Å². The molecule has 1 aliphatic rings. The number of hydrogen-bond acceptors (Lipinski definition) is 6. The molecule has 4 aromatic rings. The third-order valence-corrected chi connectivity index (χ3v) is 10.8. The molecule has 5 rings (SSSR count). The quantitative estimate of drug-likeness (QED) is 0.343. The van der Waals surface area contributed by atoms with E-state index < -0.39 is 15.8 Å². The zero-order chi connectivity index (χ0) is 25.8. The molecule has 1 unspecified atom stereocenters. The molecule has 0 saturated carbocycles. The molecule has 1 N–H and O–H groups in total. The predicted molar refractivity (Wildman–Crippen MR) is 150 cm³/mol. The van der Waals surface area contributed by atoms with Crippen LogP contribution in [0.25, 0.3) is 11.3 Å². The zero-order valence-electron chi connectivity index (χ0n) is 20.9. The number of halogens is 1. The molecular weight excluding hydrogens is 548 g/mol. The Morgan fingerprint density at radius 3 is 2.73 bits per heavy atom. The van der Waals surface area contributed by atoms with Gasteiger partial charge in [0.2, 0.25) is 0 Å². The molecule has 6 nitrogen and oxygen atoms in total. The molecule has 3 heterocycles. The van der Waals surface area contributed by atoms with Crippen LogP contribution in [-0.2, 0) is 6.54 Å². The number of nitrogens with zero attached hydrogens (tertiary/aromatic N) is 4. The SMILES string of the molecule is Cc1ccc(NC(=O)c2ccc(CN3CCN(C)CC3)c(F)c2)cc1[AsH]c1nc(-c2cccnc2)cs1. The van der Waals surface area contributed by atoms with Crippen molar-refractivity contribution in [2.45, 2.75) is 13.5 Å². The van der Waals surface area contributed by atoms with E-state index in [-0.39, 0.29) is 11.7 Å². The fraction of sp³-hybridized carbons (Fsp3) is 0.250. The predicted octanol–water partition coefficient (Wildman–Crippen LogP) is 3.04. The van der Waals surface area contributed by atoms with E-state index in [9.17, 15) is 9.18 Å². The Morgan fingerprint density at radius 2 is 1.97 bits per heavy atom. The molecule has 2 aromatic heterocycles. The fourth-order valence-corrected chi connectivity index (χ4v) is 8.05. The van der Waals surface area contributed by atoms with Crippen molar-refractivity contribution < 1.29 is 9.18 Å². The number of rotatable bonds is 7. The molecule has 0 bridgehead atoms. The van der Waals surface area contributed by atoms with Gasteiger partial charge in [0.05, 0.1) is 0 Å². The van der Waals surface area contributed by atoms with Crippen LogP contribution in [0.1, 0.15) is 21.5 Å². The van der Waals surface area contributed by atoms with E-state index >= 15 is 0 Å². The second kappa shape index (κ2) is 11.7. The first kappa shape index (κ1) is 25.7. The van der Waals surface area contributed by atoms with Crippen molar-refractivity contribution in [1.29, 1.82) is 0 Å². The molecule has 37 heavy (non-hydrogen) atoms. The summed E-state index contributed by atoms with van der Waals surface area (Å²) in [5, 5.41) is 5.02.